The summed E-state index contributed by atoms with van der Waals surface area (Å²) in [7, 11) is 0. The van der Waals surface area contributed by atoms with Gasteiger partial charge in [-0.3, -0.25) is 18.7 Å². The molecule has 29 heavy (non-hydrogen) atoms. The molecule has 6 nitrogen and oxygen atoms in total. The van der Waals surface area contributed by atoms with Gasteiger partial charge in [0.15, 0.2) is 4.77 Å². The summed E-state index contributed by atoms with van der Waals surface area (Å²) in [5, 5.41) is 9.49. The van der Waals surface area contributed by atoms with Gasteiger partial charge in [-0.1, -0.05) is 36.4 Å². The Morgan fingerprint density at radius 2 is 1.48 bits per heavy atom. The molecule has 0 radical (unpaired) electrons. The van der Waals surface area contributed by atoms with Crippen LogP contribution in [0.5, 0.6) is 0 Å². The van der Waals surface area contributed by atoms with Gasteiger partial charge in [-0.05, 0) is 55.4 Å². The molecular formula is C22H16N4O2S. The average Bonchev–Trinajstić information content (AvgIpc) is 2.70. The van der Waals surface area contributed by atoms with Gasteiger partial charge in [-0.15, -0.1) is 0 Å². The van der Waals surface area contributed by atoms with Crippen LogP contribution in [-0.2, 0) is 0 Å². The summed E-state index contributed by atoms with van der Waals surface area (Å²) < 4.78 is 3.35. The first-order valence-electron chi connectivity index (χ1n) is 8.91. The highest BCUT2D eigenvalue weighted by Crippen LogP contribution is 2.21. The van der Waals surface area contributed by atoms with Crippen molar-refractivity contribution in [2.24, 2.45) is 0 Å². The summed E-state index contributed by atoms with van der Waals surface area (Å²) >= 11 is 5.73. The van der Waals surface area contributed by atoms with Crippen LogP contribution < -0.4 is 11.1 Å². The number of benzene rings is 2. The van der Waals surface area contributed by atoms with E-state index in [0.29, 0.717) is 5.69 Å². The van der Waals surface area contributed by atoms with Crippen molar-refractivity contribution in [3.63, 3.8) is 0 Å². The first-order chi connectivity index (χ1) is 13.9. The second kappa shape index (κ2) is 7.00. The van der Waals surface area contributed by atoms with Gasteiger partial charge in [0, 0.05) is 0 Å². The fourth-order valence-corrected chi connectivity index (χ4v) is 3.78. The normalized spacial score (nSPS) is 10.8. The second-order valence-corrected chi connectivity index (χ2v) is 7.08. The van der Waals surface area contributed by atoms with Gasteiger partial charge >= 0.3 is 0 Å². The van der Waals surface area contributed by atoms with Crippen LogP contribution in [0, 0.1) is 29.9 Å². The van der Waals surface area contributed by atoms with Crippen molar-refractivity contribution in [2.45, 2.75) is 13.8 Å². The Labute approximate surface area is 170 Å². The molecule has 2 heterocycles. The largest absolute Gasteiger partial charge is 0.306 e. The summed E-state index contributed by atoms with van der Waals surface area (Å²) in [5.74, 6) is 0. The van der Waals surface area contributed by atoms with Gasteiger partial charge in [0.25, 0.3) is 11.1 Å². The molecule has 2 aromatic heterocycles. The number of aromatic nitrogens is 3. The second-order valence-electron chi connectivity index (χ2n) is 6.72. The van der Waals surface area contributed by atoms with Crippen molar-refractivity contribution in [1.29, 1.82) is 5.26 Å². The van der Waals surface area contributed by atoms with Crippen molar-refractivity contribution in [2.75, 3.05) is 0 Å². The van der Waals surface area contributed by atoms with E-state index < -0.39 is 11.1 Å². The van der Waals surface area contributed by atoms with Gasteiger partial charge < -0.3 is 4.98 Å². The van der Waals surface area contributed by atoms with Crippen LogP contribution in [0.4, 0.5) is 0 Å². The number of pyridine rings is 1. The Balaban J connectivity index is 2.30. The minimum atomic E-state index is -0.565. The minimum absolute atomic E-state index is 0.126. The lowest BCUT2D eigenvalue weighted by molar-refractivity contribution is 0.854. The molecule has 1 N–H and O–H groups in total. The predicted molar refractivity (Wildman–Crippen MR) is 115 cm³/mol. The van der Waals surface area contributed by atoms with Crippen LogP contribution in [-0.4, -0.2) is 14.1 Å². The van der Waals surface area contributed by atoms with Crippen molar-refractivity contribution in [3.05, 3.63) is 96.8 Å². The van der Waals surface area contributed by atoms with Crippen molar-refractivity contribution >= 4 is 23.3 Å². The Bertz CT molecular complexity index is 1500. The first-order valence-corrected chi connectivity index (χ1v) is 9.32. The lowest BCUT2D eigenvalue weighted by atomic mass is 10.1. The van der Waals surface area contributed by atoms with Gasteiger partial charge in [-0.2, -0.15) is 5.26 Å². The smallest absolute Gasteiger partial charge is 0.268 e. The molecule has 0 saturated heterocycles. The van der Waals surface area contributed by atoms with Crippen molar-refractivity contribution in [1.82, 2.24) is 14.1 Å². The third-order valence-corrected chi connectivity index (χ3v) is 5.26. The molecule has 142 valence electrons. The zero-order chi connectivity index (χ0) is 20.7. The fourth-order valence-electron chi connectivity index (χ4n) is 3.41. The number of H-pyrrole nitrogens is 1. The standard InChI is InChI=1S/C22H16N4O2S/c1-13-7-3-5-9-17(13)25-19-16(11-15(12-23)20(27)24-19)21(28)26(22(25)29)18-10-6-4-8-14(18)2/h3-11H,1-2H3,(H,24,27). The number of fused-ring (bicyclic) bond motifs is 1. The van der Waals surface area contributed by atoms with Crippen LogP contribution in [0.15, 0.2) is 64.2 Å². The Morgan fingerprint density at radius 1 is 0.931 bits per heavy atom. The van der Waals surface area contributed by atoms with Gasteiger partial charge in [-0.25, -0.2) is 0 Å². The lowest BCUT2D eigenvalue weighted by Gasteiger charge is -2.18. The summed E-state index contributed by atoms with van der Waals surface area (Å²) in [6, 6.07) is 18.2. The molecule has 0 aliphatic heterocycles. The molecule has 7 heteroatoms. The molecule has 0 amide bonds. The van der Waals surface area contributed by atoms with Crippen LogP contribution in [0.2, 0.25) is 0 Å². The van der Waals surface area contributed by atoms with E-state index in [0.717, 1.165) is 16.8 Å². The summed E-state index contributed by atoms with van der Waals surface area (Å²) in [6.45, 7) is 3.82. The summed E-state index contributed by atoms with van der Waals surface area (Å²) in [5.41, 5.74) is 2.37. The van der Waals surface area contributed by atoms with E-state index in [2.05, 4.69) is 4.98 Å². The molecule has 0 fully saturated rings. The monoisotopic (exact) mass is 400 g/mol. The highest BCUT2D eigenvalue weighted by Gasteiger charge is 2.18. The quantitative estimate of drug-likeness (QED) is 0.520. The number of para-hydroxylation sites is 2. The Kier molecular flexibility index (Phi) is 4.49. The molecule has 0 aliphatic carbocycles. The van der Waals surface area contributed by atoms with Crippen LogP contribution in [0.3, 0.4) is 0 Å². The highest BCUT2D eigenvalue weighted by molar-refractivity contribution is 7.71. The van der Waals surface area contributed by atoms with E-state index in [4.69, 9.17) is 12.2 Å². The van der Waals surface area contributed by atoms with Crippen molar-refractivity contribution < 1.29 is 0 Å². The van der Waals surface area contributed by atoms with Gasteiger partial charge in [0.2, 0.25) is 0 Å². The van der Waals surface area contributed by atoms with E-state index in [1.165, 1.54) is 10.6 Å². The maximum Gasteiger partial charge on any atom is 0.268 e. The van der Waals surface area contributed by atoms with Crippen molar-refractivity contribution in [3.8, 4) is 17.4 Å². The average molecular weight is 400 g/mol. The molecule has 0 aliphatic rings. The molecule has 0 spiro atoms. The Morgan fingerprint density at radius 3 is 2.03 bits per heavy atom. The molecule has 0 atom stereocenters. The van der Waals surface area contributed by atoms with E-state index in [-0.39, 0.29) is 21.4 Å². The summed E-state index contributed by atoms with van der Waals surface area (Å²) in [4.78, 5) is 28.4. The minimum Gasteiger partial charge on any atom is -0.306 e. The maximum absolute atomic E-state index is 13.4. The van der Waals surface area contributed by atoms with E-state index >= 15 is 0 Å². The highest BCUT2D eigenvalue weighted by atomic mass is 32.1. The van der Waals surface area contributed by atoms with E-state index in [1.807, 2.05) is 68.4 Å². The van der Waals surface area contributed by atoms with Gasteiger partial charge in [0.05, 0.1) is 16.8 Å². The lowest BCUT2D eigenvalue weighted by Crippen LogP contribution is -2.27. The van der Waals surface area contributed by atoms with Crippen LogP contribution >= 0.6 is 12.2 Å². The topological polar surface area (TPSA) is 83.6 Å². The van der Waals surface area contributed by atoms with Gasteiger partial charge in [0.1, 0.15) is 17.3 Å². The number of aryl methyl sites for hydroxylation is 2. The molecule has 2 aromatic carbocycles. The SMILES string of the molecule is Cc1ccccc1-n1c(=O)c2cc(C#N)c(=O)[nH]c2n(-c2ccccc2C)c1=S. The fraction of sp³-hybridized carbons (Fsp3) is 0.0909. The predicted octanol–water partition coefficient (Wildman–Crippen LogP) is 3.69. The molecular weight excluding hydrogens is 384 g/mol. The van der Waals surface area contributed by atoms with Crippen LogP contribution in [0.25, 0.3) is 22.4 Å². The molecule has 4 rings (SSSR count). The number of nitrogens with zero attached hydrogens (tertiary/aromatic N) is 3. The third-order valence-electron chi connectivity index (χ3n) is 4.89. The summed E-state index contributed by atoms with van der Waals surface area (Å²) in [6.07, 6.45) is 0. The molecule has 0 unspecified atom stereocenters. The molecule has 0 saturated carbocycles. The van der Waals surface area contributed by atoms with E-state index in [9.17, 15) is 14.9 Å². The first kappa shape index (κ1) is 18.6. The molecule has 0 bridgehead atoms. The number of aromatic amines is 1. The third kappa shape index (κ3) is 2.91. The van der Waals surface area contributed by atoms with Crippen LogP contribution in [0.1, 0.15) is 16.7 Å². The zero-order valence-corrected chi connectivity index (χ0v) is 16.6. The number of hydrogen-bond donors (Lipinski definition) is 1. The number of rotatable bonds is 2. The number of hydrogen-bond acceptors (Lipinski definition) is 4. The maximum atomic E-state index is 13.4. The number of nitrogens with one attached hydrogen (secondary N) is 1. The zero-order valence-electron chi connectivity index (χ0n) is 15.8. The Hall–Kier alpha value is -3.76. The van der Waals surface area contributed by atoms with E-state index in [1.54, 1.807) is 4.57 Å². The number of nitriles is 1. The molecule has 4 aromatic rings.